The zero-order valence-electron chi connectivity index (χ0n) is 16.8. The van der Waals surface area contributed by atoms with Gasteiger partial charge in [0.15, 0.2) is 0 Å². The number of nitrogens with two attached hydrogens (primary N) is 1. The summed E-state index contributed by atoms with van der Waals surface area (Å²) in [4.78, 5) is 24.8. The van der Waals surface area contributed by atoms with Gasteiger partial charge in [-0.15, -0.1) is 0 Å². The number of hydrogen-bond acceptors (Lipinski definition) is 6. The van der Waals surface area contributed by atoms with Crippen LogP contribution in [-0.4, -0.2) is 38.1 Å². The molecule has 168 valence electrons. The predicted molar refractivity (Wildman–Crippen MR) is 115 cm³/mol. The fourth-order valence-corrected chi connectivity index (χ4v) is 3.07. The van der Waals surface area contributed by atoms with Crippen LogP contribution in [0.2, 0.25) is 0 Å². The lowest BCUT2D eigenvalue weighted by atomic mass is 10.1. The molecule has 0 saturated heterocycles. The number of benzene rings is 2. The van der Waals surface area contributed by atoms with Crippen LogP contribution in [0.4, 0.5) is 10.5 Å². The Bertz CT molecular complexity index is 951. The Morgan fingerprint density at radius 2 is 1.71 bits per heavy atom. The zero-order chi connectivity index (χ0) is 22.7. The van der Waals surface area contributed by atoms with Gasteiger partial charge in [-0.3, -0.25) is 4.79 Å². The van der Waals surface area contributed by atoms with Gasteiger partial charge >= 0.3 is 6.09 Å². The van der Waals surface area contributed by atoms with Crippen LogP contribution < -0.4 is 20.5 Å². The third-order valence-electron chi connectivity index (χ3n) is 4.18. The molecule has 2 amide bonds. The summed E-state index contributed by atoms with van der Waals surface area (Å²) < 4.78 is 29.2. The SMILES string of the molecule is NS(=O)(=O)NCCCC[C@H](NC(=O)OCc1ccccc1)C(=O)Nc1ccc(O)cc1. The number of alkyl carbamates (subject to hydrolysis) is 1. The van der Waals surface area contributed by atoms with Gasteiger partial charge in [-0.2, -0.15) is 8.42 Å². The van der Waals surface area contributed by atoms with Crippen molar-refractivity contribution < 1.29 is 27.9 Å². The first kappa shape index (κ1) is 24.1. The Kier molecular flexibility index (Phi) is 9.25. The van der Waals surface area contributed by atoms with Crippen LogP contribution in [0.15, 0.2) is 54.6 Å². The number of nitrogens with one attached hydrogen (secondary N) is 3. The number of ether oxygens (including phenoxy) is 1. The minimum absolute atomic E-state index is 0.0528. The van der Waals surface area contributed by atoms with Crippen LogP contribution in [0.1, 0.15) is 24.8 Å². The van der Waals surface area contributed by atoms with E-state index in [1.165, 1.54) is 24.3 Å². The van der Waals surface area contributed by atoms with E-state index in [2.05, 4.69) is 15.4 Å². The first-order valence-corrected chi connectivity index (χ1v) is 11.1. The van der Waals surface area contributed by atoms with Gasteiger partial charge in [0.25, 0.3) is 10.2 Å². The van der Waals surface area contributed by atoms with Crippen molar-refractivity contribution in [1.82, 2.24) is 10.0 Å². The minimum Gasteiger partial charge on any atom is -0.508 e. The average Bonchev–Trinajstić information content (AvgIpc) is 2.72. The number of anilines is 1. The number of phenolic OH excluding ortho intramolecular Hbond substituents is 1. The monoisotopic (exact) mass is 450 g/mol. The molecule has 1 atom stereocenters. The maximum Gasteiger partial charge on any atom is 0.408 e. The molecule has 10 nitrogen and oxygen atoms in total. The predicted octanol–water partition coefficient (Wildman–Crippen LogP) is 1.59. The molecule has 31 heavy (non-hydrogen) atoms. The number of amides is 2. The van der Waals surface area contributed by atoms with Gasteiger partial charge < -0.3 is 20.5 Å². The number of carbonyl (C=O) groups is 2. The summed E-state index contributed by atoms with van der Waals surface area (Å²) in [6, 6.07) is 14.1. The van der Waals surface area contributed by atoms with E-state index in [0.717, 1.165) is 5.56 Å². The maximum absolute atomic E-state index is 12.7. The number of hydrogen-bond donors (Lipinski definition) is 5. The van der Waals surface area contributed by atoms with Crippen LogP contribution in [0.5, 0.6) is 5.75 Å². The molecule has 0 aliphatic heterocycles. The van der Waals surface area contributed by atoms with Gasteiger partial charge in [0.2, 0.25) is 5.91 Å². The molecule has 2 aromatic carbocycles. The number of carbonyl (C=O) groups excluding carboxylic acids is 2. The molecular weight excluding hydrogens is 424 g/mol. The van der Waals surface area contributed by atoms with Crippen molar-refractivity contribution in [3.05, 3.63) is 60.2 Å². The molecule has 0 heterocycles. The van der Waals surface area contributed by atoms with E-state index in [4.69, 9.17) is 9.88 Å². The molecule has 0 saturated carbocycles. The Morgan fingerprint density at radius 1 is 1.03 bits per heavy atom. The summed E-state index contributed by atoms with van der Waals surface area (Å²) in [5, 5.41) is 19.4. The largest absolute Gasteiger partial charge is 0.508 e. The lowest BCUT2D eigenvalue weighted by Gasteiger charge is -2.18. The lowest BCUT2D eigenvalue weighted by Crippen LogP contribution is -2.44. The van der Waals surface area contributed by atoms with Crippen molar-refractivity contribution in [2.24, 2.45) is 5.14 Å². The number of aromatic hydroxyl groups is 1. The molecule has 6 N–H and O–H groups in total. The van der Waals surface area contributed by atoms with Crippen LogP contribution in [0.3, 0.4) is 0 Å². The maximum atomic E-state index is 12.7. The van der Waals surface area contributed by atoms with E-state index < -0.39 is 28.3 Å². The van der Waals surface area contributed by atoms with E-state index in [1.54, 1.807) is 12.1 Å². The van der Waals surface area contributed by atoms with E-state index in [0.29, 0.717) is 18.5 Å². The lowest BCUT2D eigenvalue weighted by molar-refractivity contribution is -0.118. The van der Waals surface area contributed by atoms with E-state index in [9.17, 15) is 23.1 Å². The molecule has 0 fully saturated rings. The average molecular weight is 451 g/mol. The van der Waals surface area contributed by atoms with Crippen molar-refractivity contribution in [2.45, 2.75) is 31.9 Å². The summed E-state index contributed by atoms with van der Waals surface area (Å²) in [6.07, 6.45) is 0.351. The van der Waals surface area contributed by atoms with Gasteiger partial charge in [0.05, 0.1) is 0 Å². The standard InChI is InChI=1S/C20H26N4O6S/c21-31(28,29)22-13-5-4-8-18(19(26)23-16-9-11-17(25)12-10-16)24-20(27)30-14-15-6-2-1-3-7-15/h1-3,6-7,9-12,18,22,25H,4-5,8,13-14H2,(H,23,26)(H,24,27)(H2,21,28,29)/t18-/m0/s1. The van der Waals surface area contributed by atoms with Crippen LogP contribution >= 0.6 is 0 Å². The number of rotatable bonds is 11. The normalized spacial score (nSPS) is 12.0. The van der Waals surface area contributed by atoms with Crippen molar-refractivity contribution in [3.8, 4) is 5.75 Å². The third-order valence-corrected chi connectivity index (χ3v) is 4.79. The summed E-state index contributed by atoms with van der Waals surface area (Å²) in [5.41, 5.74) is 1.25. The number of unbranched alkanes of at least 4 members (excludes halogenated alkanes) is 1. The molecule has 0 bridgehead atoms. The quantitative estimate of drug-likeness (QED) is 0.258. The molecule has 0 spiro atoms. The Balaban J connectivity index is 1.92. The first-order chi connectivity index (χ1) is 14.7. The fraction of sp³-hybridized carbons (Fsp3) is 0.300. The van der Waals surface area contributed by atoms with Gasteiger partial charge in [-0.05, 0) is 49.1 Å². The van der Waals surface area contributed by atoms with Gasteiger partial charge in [-0.1, -0.05) is 30.3 Å². The van der Waals surface area contributed by atoms with Gasteiger partial charge in [0, 0.05) is 12.2 Å². The van der Waals surface area contributed by atoms with E-state index >= 15 is 0 Å². The second-order valence-electron chi connectivity index (χ2n) is 6.73. The van der Waals surface area contributed by atoms with Crippen LogP contribution in [0, 0.1) is 0 Å². The Labute approximate surface area is 181 Å². The van der Waals surface area contributed by atoms with Crippen molar-refractivity contribution in [1.29, 1.82) is 0 Å². The van der Waals surface area contributed by atoms with E-state index in [1.807, 2.05) is 18.2 Å². The van der Waals surface area contributed by atoms with Crippen molar-refractivity contribution in [2.75, 3.05) is 11.9 Å². The minimum atomic E-state index is -3.78. The smallest absolute Gasteiger partial charge is 0.408 e. The Morgan fingerprint density at radius 3 is 2.35 bits per heavy atom. The summed E-state index contributed by atoms with van der Waals surface area (Å²) in [7, 11) is -3.78. The zero-order valence-corrected chi connectivity index (χ0v) is 17.6. The van der Waals surface area contributed by atoms with Crippen molar-refractivity contribution in [3.63, 3.8) is 0 Å². The highest BCUT2D eigenvalue weighted by Crippen LogP contribution is 2.15. The van der Waals surface area contributed by atoms with Crippen LogP contribution in [0.25, 0.3) is 0 Å². The van der Waals surface area contributed by atoms with Gasteiger partial charge in [0.1, 0.15) is 18.4 Å². The third kappa shape index (κ3) is 9.94. The van der Waals surface area contributed by atoms with Gasteiger partial charge in [-0.25, -0.2) is 14.7 Å². The second kappa shape index (κ2) is 11.9. The molecule has 0 aliphatic carbocycles. The van der Waals surface area contributed by atoms with Crippen LogP contribution in [-0.2, 0) is 26.3 Å². The summed E-state index contributed by atoms with van der Waals surface area (Å²) in [6.45, 7) is 0.168. The first-order valence-electron chi connectivity index (χ1n) is 9.57. The molecule has 0 aliphatic rings. The fourth-order valence-electron chi connectivity index (χ4n) is 2.64. The second-order valence-corrected chi connectivity index (χ2v) is 8.11. The molecule has 0 unspecified atom stereocenters. The molecule has 0 aromatic heterocycles. The molecule has 2 rings (SSSR count). The molecule has 0 radical (unpaired) electrons. The number of phenols is 1. The highest BCUT2D eigenvalue weighted by atomic mass is 32.2. The summed E-state index contributed by atoms with van der Waals surface area (Å²) >= 11 is 0. The molecular formula is C20H26N4O6S. The topological polar surface area (TPSA) is 160 Å². The van der Waals surface area contributed by atoms with E-state index in [-0.39, 0.29) is 25.3 Å². The van der Waals surface area contributed by atoms with Crippen molar-refractivity contribution >= 4 is 27.9 Å². The molecule has 11 heteroatoms. The Hall–Kier alpha value is -3.15. The molecule has 2 aromatic rings. The summed E-state index contributed by atoms with van der Waals surface area (Å²) in [5.74, 6) is -0.415. The highest BCUT2D eigenvalue weighted by Gasteiger charge is 2.21. The highest BCUT2D eigenvalue weighted by molar-refractivity contribution is 7.87.